The number of sulfonamides is 2. The Kier molecular flexibility index (Phi) is 7.33. The molecule has 4 N–H and O–H groups in total. The van der Waals surface area contributed by atoms with Gasteiger partial charge in [-0.15, -0.1) is 0 Å². The van der Waals surface area contributed by atoms with Crippen LogP contribution in [-0.4, -0.2) is 28.9 Å². The first-order valence-corrected chi connectivity index (χ1v) is 13.0. The van der Waals surface area contributed by atoms with Crippen LogP contribution in [0.2, 0.25) is 0 Å². The molecule has 0 bridgehead atoms. The van der Waals surface area contributed by atoms with E-state index in [9.17, 15) is 21.6 Å². The maximum Gasteiger partial charge on any atom is 0.251 e. The Morgan fingerprint density at radius 3 is 2.00 bits per heavy atom. The third-order valence-electron chi connectivity index (χ3n) is 4.90. The topological polar surface area (TPSA) is 135 Å². The molecule has 0 heterocycles. The molecule has 3 rings (SSSR count). The largest absolute Gasteiger partial charge is 0.367 e. The van der Waals surface area contributed by atoms with Crippen LogP contribution >= 0.6 is 0 Å². The number of primary amides is 1. The predicted molar refractivity (Wildman–Crippen MR) is 125 cm³/mol. The molecule has 0 fully saturated rings. The van der Waals surface area contributed by atoms with Crippen LogP contribution in [-0.2, 0) is 31.3 Å². The van der Waals surface area contributed by atoms with E-state index in [1.165, 1.54) is 18.2 Å². The van der Waals surface area contributed by atoms with E-state index in [0.29, 0.717) is 12.0 Å². The van der Waals surface area contributed by atoms with Crippen LogP contribution in [0.1, 0.15) is 22.3 Å². The van der Waals surface area contributed by atoms with Crippen molar-refractivity contribution in [3.63, 3.8) is 0 Å². The average Bonchev–Trinajstić information content (AvgIpc) is 2.74. The second kappa shape index (κ2) is 9.84. The van der Waals surface area contributed by atoms with Crippen molar-refractivity contribution in [2.45, 2.75) is 36.2 Å². The molecule has 0 saturated heterocycles. The Hall–Kier alpha value is -3.05. The summed E-state index contributed by atoms with van der Waals surface area (Å²) in [7, 11) is -8.53. The molecule has 3 aromatic rings. The van der Waals surface area contributed by atoms with Crippen molar-refractivity contribution in [1.29, 1.82) is 0 Å². The van der Waals surface area contributed by atoms with E-state index in [4.69, 9.17) is 5.73 Å². The zero-order valence-corrected chi connectivity index (χ0v) is 19.8. The number of hydrogen-bond acceptors (Lipinski definition) is 5. The van der Waals surface area contributed by atoms with Gasteiger partial charge in [-0.3, -0.25) is 4.79 Å². The van der Waals surface area contributed by atoms with Gasteiger partial charge in [-0.1, -0.05) is 65.7 Å². The molecule has 1 unspecified atom stereocenters. The first kappa shape index (κ1) is 24.6. The van der Waals surface area contributed by atoms with Gasteiger partial charge < -0.3 is 5.73 Å². The standard InChI is InChI=1S/C23H25N3O5S2/c1-16-8-11-20(12-9-16)32(28,29)25-23(22(24)27)26-33(30,31)21-13-10-17(2)14-19(21)15-18-6-4-3-5-7-18/h3-14,23,25-26H,15H2,1-2H3,(H2,24,27). The quantitative estimate of drug-likeness (QED) is 0.397. The lowest BCUT2D eigenvalue weighted by Crippen LogP contribution is -2.55. The van der Waals surface area contributed by atoms with Crippen LogP contribution in [0, 0.1) is 13.8 Å². The minimum atomic E-state index is -4.31. The van der Waals surface area contributed by atoms with Gasteiger partial charge in [-0.25, -0.2) is 16.8 Å². The fourth-order valence-electron chi connectivity index (χ4n) is 3.22. The summed E-state index contributed by atoms with van der Waals surface area (Å²) in [4.78, 5) is 11.8. The highest BCUT2D eigenvalue weighted by Crippen LogP contribution is 2.21. The molecule has 1 amide bonds. The van der Waals surface area contributed by atoms with Gasteiger partial charge in [-0.2, -0.15) is 9.44 Å². The summed E-state index contributed by atoms with van der Waals surface area (Å²) in [5, 5.41) is 0. The van der Waals surface area contributed by atoms with E-state index in [1.807, 2.05) is 42.0 Å². The second-order valence-electron chi connectivity index (χ2n) is 7.66. The zero-order chi connectivity index (χ0) is 24.2. The summed E-state index contributed by atoms with van der Waals surface area (Å²) in [5.74, 6) is -1.19. The van der Waals surface area contributed by atoms with Crippen molar-refractivity contribution in [3.05, 3.63) is 95.1 Å². The van der Waals surface area contributed by atoms with Crippen molar-refractivity contribution in [3.8, 4) is 0 Å². The number of nitrogens with one attached hydrogen (secondary N) is 2. The summed E-state index contributed by atoms with van der Waals surface area (Å²) in [6, 6.07) is 19.9. The Labute approximate surface area is 193 Å². The molecule has 0 aliphatic rings. The molecule has 0 aliphatic heterocycles. The van der Waals surface area contributed by atoms with Gasteiger partial charge in [0.05, 0.1) is 9.79 Å². The number of benzene rings is 3. The van der Waals surface area contributed by atoms with Gasteiger partial charge in [-0.05, 0) is 49.6 Å². The Morgan fingerprint density at radius 2 is 1.39 bits per heavy atom. The van der Waals surface area contributed by atoms with E-state index in [1.54, 1.807) is 31.2 Å². The maximum atomic E-state index is 13.2. The third kappa shape index (κ3) is 6.26. The van der Waals surface area contributed by atoms with E-state index in [-0.39, 0.29) is 9.79 Å². The lowest BCUT2D eigenvalue weighted by atomic mass is 10.0. The molecule has 3 aromatic carbocycles. The maximum absolute atomic E-state index is 13.2. The van der Waals surface area contributed by atoms with Gasteiger partial charge in [0, 0.05) is 0 Å². The molecular formula is C23H25N3O5S2. The van der Waals surface area contributed by atoms with Gasteiger partial charge in [0.2, 0.25) is 20.0 Å². The summed E-state index contributed by atoms with van der Waals surface area (Å²) in [5.41, 5.74) is 8.41. The zero-order valence-electron chi connectivity index (χ0n) is 18.1. The molecule has 0 radical (unpaired) electrons. The van der Waals surface area contributed by atoms with Crippen LogP contribution in [0.5, 0.6) is 0 Å². The van der Waals surface area contributed by atoms with Crippen LogP contribution in [0.25, 0.3) is 0 Å². The lowest BCUT2D eigenvalue weighted by Gasteiger charge is -2.19. The third-order valence-corrected chi connectivity index (χ3v) is 7.87. The summed E-state index contributed by atoms with van der Waals surface area (Å²) < 4.78 is 55.9. The van der Waals surface area contributed by atoms with E-state index < -0.39 is 32.1 Å². The number of carbonyl (C=O) groups is 1. The predicted octanol–water partition coefficient (Wildman–Crippen LogP) is 1.96. The number of hydrogen-bond donors (Lipinski definition) is 3. The number of carbonyl (C=O) groups excluding carboxylic acids is 1. The molecule has 10 heteroatoms. The molecule has 0 saturated carbocycles. The van der Waals surface area contributed by atoms with E-state index in [2.05, 4.69) is 4.72 Å². The number of amides is 1. The Balaban J connectivity index is 1.91. The molecule has 33 heavy (non-hydrogen) atoms. The number of nitrogens with two attached hydrogens (primary N) is 1. The first-order chi connectivity index (χ1) is 15.5. The normalized spacial score (nSPS) is 12.9. The summed E-state index contributed by atoms with van der Waals surface area (Å²) in [6.07, 6.45) is -1.55. The first-order valence-electron chi connectivity index (χ1n) is 10.0. The van der Waals surface area contributed by atoms with E-state index >= 15 is 0 Å². The van der Waals surface area contributed by atoms with Gasteiger partial charge in [0.15, 0.2) is 6.17 Å². The summed E-state index contributed by atoms with van der Waals surface area (Å²) in [6.45, 7) is 3.62. The van der Waals surface area contributed by atoms with Gasteiger partial charge in [0.1, 0.15) is 0 Å². The SMILES string of the molecule is Cc1ccc(S(=O)(=O)NC(NS(=O)(=O)c2ccc(C)cc2Cc2ccccc2)C(N)=O)cc1. The highest BCUT2D eigenvalue weighted by Gasteiger charge is 2.30. The van der Waals surface area contributed by atoms with Crippen molar-refractivity contribution in [1.82, 2.24) is 9.44 Å². The highest BCUT2D eigenvalue weighted by atomic mass is 32.2. The monoisotopic (exact) mass is 487 g/mol. The fourth-order valence-corrected chi connectivity index (χ4v) is 5.75. The van der Waals surface area contributed by atoms with Crippen LogP contribution in [0.4, 0.5) is 0 Å². The van der Waals surface area contributed by atoms with Crippen LogP contribution < -0.4 is 15.2 Å². The number of rotatable bonds is 9. The molecule has 8 nitrogen and oxygen atoms in total. The molecule has 0 spiro atoms. The van der Waals surface area contributed by atoms with Crippen molar-refractivity contribution >= 4 is 26.0 Å². The smallest absolute Gasteiger partial charge is 0.251 e. The molecule has 0 aromatic heterocycles. The van der Waals surface area contributed by atoms with Crippen molar-refractivity contribution in [2.75, 3.05) is 0 Å². The highest BCUT2D eigenvalue weighted by molar-refractivity contribution is 7.90. The average molecular weight is 488 g/mol. The van der Waals surface area contributed by atoms with Crippen molar-refractivity contribution < 1.29 is 21.6 Å². The number of aryl methyl sites for hydroxylation is 2. The van der Waals surface area contributed by atoms with Crippen LogP contribution in [0.15, 0.2) is 82.6 Å². The molecule has 1 atom stereocenters. The lowest BCUT2D eigenvalue weighted by molar-refractivity contribution is -0.119. The van der Waals surface area contributed by atoms with Crippen molar-refractivity contribution in [2.24, 2.45) is 5.73 Å². The Bertz CT molecular complexity index is 1350. The molecule has 0 aliphatic carbocycles. The molecular weight excluding hydrogens is 462 g/mol. The van der Waals surface area contributed by atoms with E-state index in [0.717, 1.165) is 16.7 Å². The minimum Gasteiger partial charge on any atom is -0.367 e. The Morgan fingerprint density at radius 1 is 0.818 bits per heavy atom. The second-order valence-corrected chi connectivity index (χ2v) is 11.1. The minimum absolute atomic E-state index is 0.0715. The van der Waals surface area contributed by atoms with Gasteiger partial charge in [0.25, 0.3) is 5.91 Å². The fraction of sp³-hybridized carbons (Fsp3) is 0.174. The van der Waals surface area contributed by atoms with Crippen LogP contribution in [0.3, 0.4) is 0 Å². The van der Waals surface area contributed by atoms with Gasteiger partial charge >= 0.3 is 0 Å². The molecule has 174 valence electrons. The summed E-state index contributed by atoms with van der Waals surface area (Å²) >= 11 is 0.